The Morgan fingerprint density at radius 3 is 2.80 bits per heavy atom. The van der Waals surface area contributed by atoms with Crippen molar-refractivity contribution in [2.45, 2.75) is 5.88 Å². The fraction of sp³-hybridized carbons (Fsp3) is 0.125. The van der Waals surface area contributed by atoms with Gasteiger partial charge >= 0.3 is 0 Å². The van der Waals surface area contributed by atoms with E-state index in [1.165, 1.54) is 0 Å². The van der Waals surface area contributed by atoms with E-state index >= 15 is 0 Å². The van der Waals surface area contributed by atoms with Gasteiger partial charge in [0.1, 0.15) is 0 Å². The minimum atomic E-state index is 0.273. The summed E-state index contributed by atoms with van der Waals surface area (Å²) in [5.74, 6) is 0.884. The molecule has 0 saturated heterocycles. The highest BCUT2D eigenvalue weighted by atomic mass is 79.9. The summed E-state index contributed by atoms with van der Waals surface area (Å²) >= 11 is 12.5. The lowest BCUT2D eigenvalue weighted by Crippen LogP contribution is -2.02. The fourth-order valence-electron chi connectivity index (χ4n) is 1.13. The Balaban J connectivity index is 2.54. The molecule has 7 heteroatoms. The summed E-state index contributed by atoms with van der Waals surface area (Å²) in [6.45, 7) is 0. The highest BCUT2D eigenvalue weighted by Gasteiger charge is 2.09. The molecule has 0 aliphatic carbocycles. The second kappa shape index (κ2) is 4.59. The molecule has 0 atom stereocenters. The maximum atomic E-state index is 5.72. The van der Waals surface area contributed by atoms with Gasteiger partial charge in [-0.05, 0) is 44.6 Å². The highest BCUT2D eigenvalue weighted by molar-refractivity contribution is 9.11. The van der Waals surface area contributed by atoms with E-state index in [2.05, 4.69) is 47.4 Å². The molecule has 0 unspecified atom stereocenters. The molecule has 2 rings (SSSR count). The lowest BCUT2D eigenvalue weighted by Gasteiger charge is -2.05. The van der Waals surface area contributed by atoms with E-state index in [0.29, 0.717) is 5.82 Å². The van der Waals surface area contributed by atoms with Crippen LogP contribution >= 0.6 is 43.5 Å². The lowest BCUT2D eigenvalue weighted by molar-refractivity contribution is 0.774. The van der Waals surface area contributed by atoms with E-state index in [-0.39, 0.29) is 5.88 Å². The summed E-state index contributed by atoms with van der Waals surface area (Å²) in [4.78, 5) is 0. The van der Waals surface area contributed by atoms with Gasteiger partial charge in [-0.25, -0.2) is 0 Å². The summed E-state index contributed by atoms with van der Waals surface area (Å²) in [5.41, 5.74) is 0.860. The lowest BCUT2D eigenvalue weighted by atomic mass is 10.3. The number of tetrazole rings is 1. The molecule has 15 heavy (non-hydrogen) atoms. The number of rotatable bonds is 2. The Morgan fingerprint density at radius 1 is 1.33 bits per heavy atom. The molecular weight excluding hydrogens is 347 g/mol. The van der Waals surface area contributed by atoms with Crippen LogP contribution in [0.15, 0.2) is 27.1 Å². The molecule has 2 aromatic rings. The molecule has 0 saturated carbocycles. The van der Waals surface area contributed by atoms with Gasteiger partial charge in [0, 0.05) is 8.95 Å². The summed E-state index contributed by atoms with van der Waals surface area (Å²) < 4.78 is 3.48. The van der Waals surface area contributed by atoms with Crippen LogP contribution in [-0.2, 0) is 5.88 Å². The van der Waals surface area contributed by atoms with Crippen LogP contribution in [0.1, 0.15) is 5.82 Å². The van der Waals surface area contributed by atoms with Crippen LogP contribution in [0.2, 0.25) is 0 Å². The predicted octanol–water partition coefficient (Wildman–Crippen LogP) is 2.93. The molecule has 0 fully saturated rings. The van der Waals surface area contributed by atoms with Crippen molar-refractivity contribution in [3.8, 4) is 5.69 Å². The van der Waals surface area contributed by atoms with Crippen molar-refractivity contribution >= 4 is 43.5 Å². The minimum absolute atomic E-state index is 0.273. The van der Waals surface area contributed by atoms with Crippen LogP contribution in [0.3, 0.4) is 0 Å². The highest BCUT2D eigenvalue weighted by Crippen LogP contribution is 2.25. The standard InChI is InChI=1S/C8H5Br2ClN4/c9-5-1-2-7(6(10)3-5)15-8(4-11)12-13-14-15/h1-3H,4H2. The Labute approximate surface area is 108 Å². The number of hydrogen-bond donors (Lipinski definition) is 0. The molecule has 78 valence electrons. The number of alkyl halides is 1. The van der Waals surface area contributed by atoms with Crippen molar-refractivity contribution in [3.63, 3.8) is 0 Å². The minimum Gasteiger partial charge on any atom is -0.195 e. The van der Waals surface area contributed by atoms with Crippen LogP contribution in [0.4, 0.5) is 0 Å². The van der Waals surface area contributed by atoms with Gasteiger partial charge in [0.25, 0.3) is 0 Å². The van der Waals surface area contributed by atoms with E-state index in [9.17, 15) is 0 Å². The topological polar surface area (TPSA) is 43.6 Å². The van der Waals surface area contributed by atoms with Crippen molar-refractivity contribution < 1.29 is 0 Å². The quantitative estimate of drug-likeness (QED) is 0.781. The van der Waals surface area contributed by atoms with Crippen molar-refractivity contribution in [2.75, 3.05) is 0 Å². The largest absolute Gasteiger partial charge is 0.195 e. The van der Waals surface area contributed by atoms with Gasteiger partial charge in [-0.2, -0.15) is 4.68 Å². The average molecular weight is 352 g/mol. The van der Waals surface area contributed by atoms with Gasteiger partial charge in [-0.15, -0.1) is 16.7 Å². The first kappa shape index (κ1) is 11.0. The summed E-state index contributed by atoms with van der Waals surface area (Å²) in [6.07, 6.45) is 0. The van der Waals surface area contributed by atoms with Gasteiger partial charge in [0.15, 0.2) is 5.82 Å². The summed E-state index contributed by atoms with van der Waals surface area (Å²) in [7, 11) is 0. The van der Waals surface area contributed by atoms with E-state index < -0.39 is 0 Å². The second-order valence-electron chi connectivity index (χ2n) is 2.74. The summed E-state index contributed by atoms with van der Waals surface area (Å²) in [5, 5.41) is 11.3. The molecular formula is C8H5Br2ClN4. The van der Waals surface area contributed by atoms with Crippen molar-refractivity contribution in [1.29, 1.82) is 0 Å². The van der Waals surface area contributed by atoms with E-state index in [1.54, 1.807) is 4.68 Å². The molecule has 4 nitrogen and oxygen atoms in total. The fourth-order valence-corrected chi connectivity index (χ4v) is 2.51. The zero-order valence-electron chi connectivity index (χ0n) is 7.36. The van der Waals surface area contributed by atoms with Gasteiger partial charge in [-0.3, -0.25) is 0 Å². The van der Waals surface area contributed by atoms with Crippen molar-refractivity contribution in [1.82, 2.24) is 20.2 Å². The third-order valence-electron chi connectivity index (χ3n) is 1.79. The molecule has 0 radical (unpaired) electrons. The normalized spacial score (nSPS) is 10.6. The van der Waals surface area contributed by atoms with Crippen LogP contribution in [0.25, 0.3) is 5.69 Å². The first-order valence-corrected chi connectivity index (χ1v) is 6.13. The number of nitrogens with zero attached hydrogens (tertiary/aromatic N) is 4. The number of benzene rings is 1. The van der Waals surface area contributed by atoms with Gasteiger partial charge in [0.05, 0.1) is 11.6 Å². The van der Waals surface area contributed by atoms with Crippen molar-refractivity contribution in [3.05, 3.63) is 33.0 Å². The number of hydrogen-bond acceptors (Lipinski definition) is 3. The molecule has 0 spiro atoms. The predicted molar refractivity (Wildman–Crippen MR) is 64.1 cm³/mol. The monoisotopic (exact) mass is 350 g/mol. The first-order chi connectivity index (χ1) is 7.22. The van der Waals surface area contributed by atoms with E-state index in [0.717, 1.165) is 14.6 Å². The van der Waals surface area contributed by atoms with Crippen LogP contribution < -0.4 is 0 Å². The van der Waals surface area contributed by atoms with Crippen LogP contribution in [-0.4, -0.2) is 20.2 Å². The Hall–Kier alpha value is -0.460. The van der Waals surface area contributed by atoms with Crippen LogP contribution in [0, 0.1) is 0 Å². The third kappa shape index (κ3) is 2.21. The molecule has 0 amide bonds. The summed E-state index contributed by atoms with van der Waals surface area (Å²) in [6, 6.07) is 5.75. The van der Waals surface area contributed by atoms with Gasteiger partial charge in [0.2, 0.25) is 0 Å². The third-order valence-corrected chi connectivity index (χ3v) is 3.16. The van der Waals surface area contributed by atoms with Gasteiger partial charge < -0.3 is 0 Å². The zero-order chi connectivity index (χ0) is 10.8. The first-order valence-electron chi connectivity index (χ1n) is 4.01. The molecule has 1 aromatic carbocycles. The number of halogens is 3. The van der Waals surface area contributed by atoms with Crippen molar-refractivity contribution in [2.24, 2.45) is 0 Å². The molecule has 0 aliphatic rings. The van der Waals surface area contributed by atoms with E-state index in [1.807, 2.05) is 18.2 Å². The molecule has 1 aromatic heterocycles. The second-order valence-corrected chi connectivity index (χ2v) is 4.77. The average Bonchev–Trinajstić information content (AvgIpc) is 2.65. The molecule has 0 bridgehead atoms. The Morgan fingerprint density at radius 2 is 2.13 bits per heavy atom. The maximum absolute atomic E-state index is 5.72. The Kier molecular flexibility index (Phi) is 3.38. The maximum Gasteiger partial charge on any atom is 0.171 e. The number of aromatic nitrogens is 4. The van der Waals surface area contributed by atoms with Crippen LogP contribution in [0.5, 0.6) is 0 Å². The Bertz CT molecular complexity index is 485. The zero-order valence-corrected chi connectivity index (χ0v) is 11.3. The van der Waals surface area contributed by atoms with E-state index in [4.69, 9.17) is 11.6 Å². The molecule has 1 heterocycles. The SMILES string of the molecule is ClCc1nnnn1-c1ccc(Br)cc1Br. The van der Waals surface area contributed by atoms with Gasteiger partial charge in [-0.1, -0.05) is 15.9 Å². The molecule has 0 N–H and O–H groups in total. The molecule has 0 aliphatic heterocycles. The smallest absolute Gasteiger partial charge is 0.171 e.